The molecule has 1 aliphatic heterocycles. The summed E-state index contributed by atoms with van der Waals surface area (Å²) in [5.41, 5.74) is 0. The highest BCUT2D eigenvalue weighted by Gasteiger charge is 2.39. The van der Waals surface area contributed by atoms with Gasteiger partial charge in [-0.2, -0.15) is 0 Å². The van der Waals surface area contributed by atoms with Gasteiger partial charge < -0.3 is 19.3 Å². The van der Waals surface area contributed by atoms with E-state index in [1.54, 1.807) is 13.0 Å². The van der Waals surface area contributed by atoms with E-state index in [0.29, 0.717) is 6.61 Å². The Bertz CT molecular complexity index is 417. The lowest BCUT2D eigenvalue weighted by atomic mass is 10.0. The van der Waals surface area contributed by atoms with Crippen LogP contribution in [-0.4, -0.2) is 41.8 Å². The lowest BCUT2D eigenvalue weighted by Crippen LogP contribution is -2.21. The van der Waals surface area contributed by atoms with Gasteiger partial charge in [-0.1, -0.05) is 44.9 Å². The number of unbranched alkanes of at least 4 members (excludes halogenated alkanes) is 6. The van der Waals surface area contributed by atoms with Gasteiger partial charge in [-0.3, -0.25) is 0 Å². The van der Waals surface area contributed by atoms with Crippen molar-refractivity contribution in [1.82, 2.24) is 0 Å². The number of rotatable bonds is 13. The molecule has 1 saturated heterocycles. The van der Waals surface area contributed by atoms with Gasteiger partial charge in [0.05, 0.1) is 18.8 Å². The number of ether oxygens (including phenoxy) is 3. The predicted molar refractivity (Wildman–Crippen MR) is 103 cm³/mol. The topological polar surface area (TPSA) is 65.0 Å². The van der Waals surface area contributed by atoms with E-state index in [4.69, 9.17) is 14.2 Å². The van der Waals surface area contributed by atoms with Crippen molar-refractivity contribution in [3.05, 3.63) is 12.2 Å². The van der Waals surface area contributed by atoms with Crippen molar-refractivity contribution in [1.29, 1.82) is 0 Å². The summed E-state index contributed by atoms with van der Waals surface area (Å²) in [6.07, 6.45) is 13.0. The number of hydrogen-bond donors (Lipinski definition) is 1. The zero-order chi connectivity index (χ0) is 19.4. The molecule has 152 valence electrons. The van der Waals surface area contributed by atoms with Crippen LogP contribution < -0.4 is 0 Å². The van der Waals surface area contributed by atoms with E-state index < -0.39 is 5.79 Å². The highest BCUT2D eigenvalue weighted by molar-refractivity contribution is 5.81. The van der Waals surface area contributed by atoms with Crippen LogP contribution in [0.5, 0.6) is 0 Å². The fourth-order valence-electron chi connectivity index (χ4n) is 3.28. The number of aliphatic hydroxyl groups excluding tert-OH is 1. The molecule has 0 amide bonds. The fourth-order valence-corrected chi connectivity index (χ4v) is 3.28. The van der Waals surface area contributed by atoms with Gasteiger partial charge in [-0.25, -0.2) is 4.79 Å². The Morgan fingerprint density at radius 3 is 2.35 bits per heavy atom. The molecule has 1 aliphatic rings. The van der Waals surface area contributed by atoms with E-state index in [9.17, 15) is 9.90 Å². The van der Waals surface area contributed by atoms with Crippen LogP contribution in [0.15, 0.2) is 12.2 Å². The Balaban J connectivity index is 2.21. The highest BCUT2D eigenvalue weighted by Crippen LogP contribution is 2.31. The standard InChI is InChI=1S/C21H38O5/c1-5-24-20(23)16-15-19-18(25-21(3,4)26-19)14-12-10-8-6-7-9-11-13-17(2)22/h15-19,22H,5-14H2,1-4H3/b16-15+/t17-,18-,19-/m0/s1. The fraction of sp³-hybridized carbons (Fsp3) is 0.857. The van der Waals surface area contributed by atoms with Crippen molar-refractivity contribution < 1.29 is 24.1 Å². The van der Waals surface area contributed by atoms with Crippen LogP contribution in [0.1, 0.15) is 85.5 Å². The maximum atomic E-state index is 11.5. The van der Waals surface area contributed by atoms with Gasteiger partial charge in [0.15, 0.2) is 5.79 Å². The van der Waals surface area contributed by atoms with Crippen molar-refractivity contribution in [2.45, 2.75) is 110 Å². The molecule has 1 rings (SSSR count). The Hall–Kier alpha value is -0.910. The zero-order valence-corrected chi connectivity index (χ0v) is 17.0. The van der Waals surface area contributed by atoms with Crippen LogP contribution in [0.3, 0.4) is 0 Å². The average Bonchev–Trinajstić information content (AvgIpc) is 2.85. The van der Waals surface area contributed by atoms with Crippen molar-refractivity contribution in [2.75, 3.05) is 6.61 Å². The molecule has 0 bridgehead atoms. The molecule has 1 fully saturated rings. The lowest BCUT2D eigenvalue weighted by molar-refractivity contribution is -0.144. The summed E-state index contributed by atoms with van der Waals surface area (Å²) in [5, 5.41) is 9.23. The molecule has 1 N–H and O–H groups in total. The van der Waals surface area contributed by atoms with E-state index in [-0.39, 0.29) is 24.3 Å². The number of esters is 1. The molecule has 0 aromatic rings. The van der Waals surface area contributed by atoms with E-state index in [1.165, 1.54) is 38.2 Å². The van der Waals surface area contributed by atoms with E-state index in [2.05, 4.69) is 0 Å². The van der Waals surface area contributed by atoms with Crippen molar-refractivity contribution >= 4 is 5.97 Å². The number of hydrogen-bond acceptors (Lipinski definition) is 5. The molecule has 0 aromatic carbocycles. The Kier molecular flexibility index (Phi) is 11.1. The quantitative estimate of drug-likeness (QED) is 0.293. The molecule has 0 unspecified atom stereocenters. The first-order valence-corrected chi connectivity index (χ1v) is 10.2. The minimum atomic E-state index is -0.613. The summed E-state index contributed by atoms with van der Waals surface area (Å²) >= 11 is 0. The van der Waals surface area contributed by atoms with Crippen LogP contribution in [0.25, 0.3) is 0 Å². The van der Waals surface area contributed by atoms with E-state index in [1.807, 2.05) is 20.8 Å². The second-order valence-corrected chi connectivity index (χ2v) is 7.65. The second-order valence-electron chi connectivity index (χ2n) is 7.65. The first-order chi connectivity index (χ1) is 12.3. The first kappa shape index (κ1) is 23.1. The molecule has 26 heavy (non-hydrogen) atoms. The van der Waals surface area contributed by atoms with Crippen LogP contribution in [0.4, 0.5) is 0 Å². The Morgan fingerprint density at radius 1 is 1.12 bits per heavy atom. The first-order valence-electron chi connectivity index (χ1n) is 10.2. The van der Waals surface area contributed by atoms with E-state index in [0.717, 1.165) is 25.7 Å². The second kappa shape index (κ2) is 12.5. The summed E-state index contributed by atoms with van der Waals surface area (Å²) in [6, 6.07) is 0. The van der Waals surface area contributed by atoms with Gasteiger partial charge >= 0.3 is 5.97 Å². The van der Waals surface area contributed by atoms with Gasteiger partial charge in [0, 0.05) is 6.08 Å². The van der Waals surface area contributed by atoms with Gasteiger partial charge in [-0.15, -0.1) is 0 Å². The monoisotopic (exact) mass is 370 g/mol. The third-order valence-corrected chi connectivity index (χ3v) is 4.54. The summed E-state index contributed by atoms with van der Waals surface area (Å²) in [4.78, 5) is 11.5. The van der Waals surface area contributed by atoms with Gasteiger partial charge in [0.1, 0.15) is 6.10 Å². The molecule has 0 spiro atoms. The summed E-state index contributed by atoms with van der Waals surface area (Å²) in [7, 11) is 0. The third-order valence-electron chi connectivity index (χ3n) is 4.54. The number of carbonyl (C=O) groups excluding carboxylic acids is 1. The van der Waals surface area contributed by atoms with Crippen LogP contribution in [0, 0.1) is 0 Å². The molecular formula is C21H38O5. The molecule has 0 aromatic heterocycles. The minimum absolute atomic E-state index is 0.0123. The normalized spacial score (nSPS) is 23.4. The molecule has 1 heterocycles. The molecule has 0 saturated carbocycles. The van der Waals surface area contributed by atoms with E-state index >= 15 is 0 Å². The van der Waals surface area contributed by atoms with Gasteiger partial charge in [0.25, 0.3) is 0 Å². The van der Waals surface area contributed by atoms with Gasteiger partial charge in [0.2, 0.25) is 0 Å². The summed E-state index contributed by atoms with van der Waals surface area (Å²) < 4.78 is 16.8. The lowest BCUT2D eigenvalue weighted by Gasteiger charge is -2.16. The van der Waals surface area contributed by atoms with Crippen LogP contribution >= 0.6 is 0 Å². The molecular weight excluding hydrogens is 332 g/mol. The maximum Gasteiger partial charge on any atom is 0.330 e. The largest absolute Gasteiger partial charge is 0.463 e. The minimum Gasteiger partial charge on any atom is -0.463 e. The zero-order valence-electron chi connectivity index (χ0n) is 17.0. The Morgan fingerprint density at radius 2 is 1.73 bits per heavy atom. The van der Waals surface area contributed by atoms with Gasteiger partial charge in [-0.05, 0) is 46.6 Å². The third kappa shape index (κ3) is 10.3. The SMILES string of the molecule is CCOC(=O)/C=C/[C@@H]1OC(C)(C)O[C@H]1CCCCCCCCC[C@H](C)O. The van der Waals surface area contributed by atoms with Crippen LogP contribution in [0.2, 0.25) is 0 Å². The van der Waals surface area contributed by atoms with Crippen molar-refractivity contribution in [3.63, 3.8) is 0 Å². The summed E-state index contributed by atoms with van der Waals surface area (Å²) in [6.45, 7) is 7.83. The van der Waals surface area contributed by atoms with Crippen molar-refractivity contribution in [2.24, 2.45) is 0 Å². The molecule has 0 aliphatic carbocycles. The smallest absolute Gasteiger partial charge is 0.330 e. The molecule has 5 nitrogen and oxygen atoms in total. The number of carbonyl (C=O) groups is 1. The van der Waals surface area contributed by atoms with Crippen molar-refractivity contribution in [3.8, 4) is 0 Å². The maximum absolute atomic E-state index is 11.5. The number of aliphatic hydroxyl groups is 1. The molecule has 0 radical (unpaired) electrons. The Labute approximate surface area is 159 Å². The molecule has 5 heteroatoms. The highest BCUT2D eigenvalue weighted by atomic mass is 16.7. The molecule has 3 atom stereocenters. The average molecular weight is 371 g/mol. The van der Waals surface area contributed by atoms with Crippen LogP contribution in [-0.2, 0) is 19.0 Å². The summed E-state index contributed by atoms with van der Waals surface area (Å²) in [5.74, 6) is -0.951. The predicted octanol–water partition coefficient (Wildman–Crippen LogP) is 4.52.